The van der Waals surface area contributed by atoms with Gasteiger partial charge in [-0.25, -0.2) is 4.68 Å². The van der Waals surface area contributed by atoms with E-state index in [0.29, 0.717) is 12.2 Å². The fourth-order valence-corrected chi connectivity index (χ4v) is 4.02. The molecule has 2 amide bonds. The first-order valence-electron chi connectivity index (χ1n) is 10.2. The average Bonchev–Trinajstić information content (AvgIpc) is 3.24. The van der Waals surface area contributed by atoms with Gasteiger partial charge in [0.2, 0.25) is 5.91 Å². The highest BCUT2D eigenvalue weighted by atomic mass is 35.5. The lowest BCUT2D eigenvalue weighted by Crippen LogP contribution is -2.24. The molecule has 10 heteroatoms. The molecule has 0 spiro atoms. The number of amides is 2. The van der Waals surface area contributed by atoms with Gasteiger partial charge >= 0.3 is 6.18 Å². The summed E-state index contributed by atoms with van der Waals surface area (Å²) in [5.41, 5.74) is 2.43. The van der Waals surface area contributed by atoms with Crippen LogP contribution in [0.5, 0.6) is 0 Å². The van der Waals surface area contributed by atoms with Crippen LogP contribution in [0.2, 0.25) is 5.02 Å². The van der Waals surface area contributed by atoms with Gasteiger partial charge < -0.3 is 10.6 Å². The van der Waals surface area contributed by atoms with Crippen molar-refractivity contribution in [2.75, 3.05) is 10.6 Å². The number of nitrogens with zero attached hydrogens (tertiary/aromatic N) is 2. The van der Waals surface area contributed by atoms with Crippen LogP contribution >= 0.6 is 11.6 Å². The van der Waals surface area contributed by atoms with E-state index in [4.69, 9.17) is 11.6 Å². The maximum absolute atomic E-state index is 13.1. The summed E-state index contributed by atoms with van der Waals surface area (Å²) in [6, 6.07) is 9.99. The SMILES string of the molecule is CCc1nn2c(c1-c1ccc(C)cc1)NC(=O)C2CC(=O)Nc1ccc(Cl)c(C(F)(F)F)c1. The third kappa shape index (κ3) is 4.45. The van der Waals surface area contributed by atoms with Crippen LogP contribution in [-0.2, 0) is 22.2 Å². The monoisotopic (exact) mass is 476 g/mol. The molecule has 2 aromatic carbocycles. The van der Waals surface area contributed by atoms with E-state index in [0.717, 1.165) is 34.5 Å². The number of benzene rings is 2. The maximum atomic E-state index is 13.1. The Morgan fingerprint density at radius 1 is 1.21 bits per heavy atom. The number of nitrogens with one attached hydrogen (secondary N) is 2. The molecule has 1 unspecified atom stereocenters. The first-order chi connectivity index (χ1) is 15.6. The molecule has 0 saturated carbocycles. The third-order valence-corrected chi connectivity index (χ3v) is 5.76. The molecular formula is C23H20ClF3N4O2. The van der Waals surface area contributed by atoms with Gasteiger partial charge in [0.1, 0.15) is 11.9 Å². The van der Waals surface area contributed by atoms with Gasteiger partial charge in [-0.1, -0.05) is 48.4 Å². The summed E-state index contributed by atoms with van der Waals surface area (Å²) < 4.78 is 40.7. The van der Waals surface area contributed by atoms with Crippen molar-refractivity contribution in [1.29, 1.82) is 0 Å². The Morgan fingerprint density at radius 3 is 2.55 bits per heavy atom. The normalized spacial score (nSPS) is 15.3. The molecule has 0 bridgehead atoms. The highest BCUT2D eigenvalue weighted by molar-refractivity contribution is 6.31. The van der Waals surface area contributed by atoms with Crippen LogP contribution in [0.4, 0.5) is 24.7 Å². The number of carbonyl (C=O) groups is 2. The van der Waals surface area contributed by atoms with E-state index in [1.165, 1.54) is 10.7 Å². The number of carbonyl (C=O) groups excluding carboxylic acids is 2. The second-order valence-corrected chi connectivity index (χ2v) is 8.19. The van der Waals surface area contributed by atoms with Crippen molar-refractivity contribution in [2.24, 2.45) is 0 Å². The molecule has 2 heterocycles. The molecule has 0 fully saturated rings. The van der Waals surface area contributed by atoms with E-state index < -0.39 is 34.6 Å². The quantitative estimate of drug-likeness (QED) is 0.502. The summed E-state index contributed by atoms with van der Waals surface area (Å²) >= 11 is 5.62. The fraction of sp³-hybridized carbons (Fsp3) is 0.261. The van der Waals surface area contributed by atoms with Crippen molar-refractivity contribution in [1.82, 2.24) is 9.78 Å². The second-order valence-electron chi connectivity index (χ2n) is 7.78. The van der Waals surface area contributed by atoms with Crippen LogP contribution in [0, 0.1) is 6.92 Å². The van der Waals surface area contributed by atoms with E-state index in [-0.39, 0.29) is 12.1 Å². The molecular weight excluding hydrogens is 457 g/mol. The average molecular weight is 477 g/mol. The summed E-state index contributed by atoms with van der Waals surface area (Å²) in [6.45, 7) is 3.92. The minimum absolute atomic E-state index is 0.0644. The Morgan fingerprint density at radius 2 is 1.91 bits per heavy atom. The molecule has 0 saturated heterocycles. The standard InChI is InChI=1S/C23H20ClF3N4O2/c1-3-17-20(13-6-4-12(2)5-7-13)21-29-22(33)18(31(21)30-17)11-19(32)28-14-8-9-16(24)15(10-14)23(25,26)27/h4-10,18H,3,11H2,1-2H3,(H,28,32)(H,29,33). The Bertz CT molecular complexity index is 1240. The van der Waals surface area contributed by atoms with Gasteiger partial charge in [0.05, 0.1) is 22.7 Å². The van der Waals surface area contributed by atoms with Crippen LogP contribution < -0.4 is 10.6 Å². The van der Waals surface area contributed by atoms with Crippen LogP contribution in [0.25, 0.3) is 11.1 Å². The summed E-state index contributed by atoms with van der Waals surface area (Å²) in [4.78, 5) is 25.2. The molecule has 33 heavy (non-hydrogen) atoms. The Balaban J connectivity index is 1.58. The van der Waals surface area contributed by atoms with Gasteiger partial charge in [-0.2, -0.15) is 18.3 Å². The zero-order valence-electron chi connectivity index (χ0n) is 17.8. The highest BCUT2D eigenvalue weighted by Crippen LogP contribution is 2.39. The van der Waals surface area contributed by atoms with Crippen molar-refractivity contribution in [2.45, 2.75) is 38.9 Å². The Hall–Kier alpha value is -3.33. The van der Waals surface area contributed by atoms with Gasteiger partial charge in [0.25, 0.3) is 5.91 Å². The molecule has 1 aliphatic heterocycles. The number of alkyl halides is 3. The number of halogens is 4. The van der Waals surface area contributed by atoms with E-state index in [9.17, 15) is 22.8 Å². The molecule has 1 aromatic heterocycles. The van der Waals surface area contributed by atoms with Crippen LogP contribution in [0.1, 0.15) is 36.2 Å². The summed E-state index contributed by atoms with van der Waals surface area (Å²) in [6.07, 6.45) is -4.33. The second kappa shape index (κ2) is 8.55. The van der Waals surface area contributed by atoms with Gasteiger partial charge in [-0.05, 0) is 37.1 Å². The minimum Gasteiger partial charge on any atom is -0.326 e. The van der Waals surface area contributed by atoms with Gasteiger partial charge in [0.15, 0.2) is 0 Å². The van der Waals surface area contributed by atoms with Crippen molar-refractivity contribution in [3.05, 3.63) is 64.3 Å². The first-order valence-corrected chi connectivity index (χ1v) is 10.6. The number of hydrogen-bond acceptors (Lipinski definition) is 3. The number of rotatable bonds is 5. The van der Waals surface area contributed by atoms with E-state index in [1.54, 1.807) is 0 Å². The number of aromatic nitrogens is 2. The molecule has 1 aliphatic rings. The number of anilines is 2. The van der Waals surface area contributed by atoms with Crippen LogP contribution in [0.15, 0.2) is 42.5 Å². The van der Waals surface area contributed by atoms with Crippen LogP contribution in [-0.4, -0.2) is 21.6 Å². The van der Waals surface area contributed by atoms with Crippen LogP contribution in [0.3, 0.4) is 0 Å². The van der Waals surface area contributed by atoms with Crippen molar-refractivity contribution >= 4 is 34.9 Å². The number of hydrogen-bond donors (Lipinski definition) is 2. The smallest absolute Gasteiger partial charge is 0.326 e. The fourth-order valence-electron chi connectivity index (χ4n) is 3.80. The molecule has 172 valence electrons. The lowest BCUT2D eigenvalue weighted by Gasteiger charge is -2.13. The summed E-state index contributed by atoms with van der Waals surface area (Å²) in [5, 5.41) is 9.30. The zero-order chi connectivity index (χ0) is 23.9. The third-order valence-electron chi connectivity index (χ3n) is 5.43. The summed E-state index contributed by atoms with van der Waals surface area (Å²) in [5.74, 6) is -0.524. The minimum atomic E-state index is -4.66. The van der Waals surface area contributed by atoms with E-state index in [2.05, 4.69) is 15.7 Å². The van der Waals surface area contributed by atoms with Gasteiger partial charge in [-0.3, -0.25) is 9.59 Å². The lowest BCUT2D eigenvalue weighted by atomic mass is 10.0. The molecule has 1 atom stereocenters. The van der Waals surface area contributed by atoms with E-state index in [1.807, 2.05) is 38.1 Å². The highest BCUT2D eigenvalue weighted by Gasteiger charge is 2.37. The van der Waals surface area contributed by atoms with Gasteiger partial charge in [-0.15, -0.1) is 0 Å². The molecule has 0 radical (unpaired) electrons. The molecule has 3 aromatic rings. The lowest BCUT2D eigenvalue weighted by molar-refractivity contribution is -0.137. The van der Waals surface area contributed by atoms with E-state index >= 15 is 0 Å². The van der Waals surface area contributed by atoms with Crippen molar-refractivity contribution in [3.63, 3.8) is 0 Å². The maximum Gasteiger partial charge on any atom is 0.417 e. The zero-order valence-corrected chi connectivity index (χ0v) is 18.5. The van der Waals surface area contributed by atoms with Crippen molar-refractivity contribution < 1.29 is 22.8 Å². The van der Waals surface area contributed by atoms with Gasteiger partial charge in [0, 0.05) is 11.3 Å². The Labute approximate surface area is 192 Å². The molecule has 4 rings (SSSR count). The Kier molecular flexibility index (Phi) is 5.92. The predicted octanol–water partition coefficient (Wildman–Crippen LogP) is 5.62. The number of aryl methyl sites for hydroxylation is 2. The summed E-state index contributed by atoms with van der Waals surface area (Å²) in [7, 11) is 0. The largest absolute Gasteiger partial charge is 0.417 e. The molecule has 0 aliphatic carbocycles. The number of fused-ring (bicyclic) bond motifs is 1. The predicted molar refractivity (Wildman–Crippen MR) is 119 cm³/mol. The molecule has 6 nitrogen and oxygen atoms in total. The molecule has 2 N–H and O–H groups in total. The topological polar surface area (TPSA) is 76.0 Å². The first kappa shape index (κ1) is 22.8. The van der Waals surface area contributed by atoms with Crippen molar-refractivity contribution in [3.8, 4) is 11.1 Å².